The van der Waals surface area contributed by atoms with Crippen molar-refractivity contribution in [1.82, 2.24) is 20.4 Å². The molecule has 0 spiro atoms. The first kappa shape index (κ1) is 27.2. The van der Waals surface area contributed by atoms with Gasteiger partial charge in [0.1, 0.15) is 12.4 Å². The summed E-state index contributed by atoms with van der Waals surface area (Å²) < 4.78 is 6.35. The highest BCUT2D eigenvalue weighted by molar-refractivity contribution is 6.30. The Morgan fingerprint density at radius 1 is 0.643 bits per heavy atom. The minimum Gasteiger partial charge on any atom is -0.489 e. The molecule has 6 aromatic rings. The van der Waals surface area contributed by atoms with E-state index in [1.54, 1.807) is 0 Å². The number of hydrogen-bond donors (Lipinski definition) is 4. The Labute approximate surface area is 247 Å². The predicted octanol–water partition coefficient (Wildman–Crippen LogP) is 7.08. The van der Waals surface area contributed by atoms with E-state index in [2.05, 4.69) is 20.4 Å². The van der Waals surface area contributed by atoms with E-state index in [9.17, 15) is 9.59 Å². The van der Waals surface area contributed by atoms with Crippen LogP contribution in [0.1, 0.15) is 39.3 Å². The zero-order valence-corrected chi connectivity index (χ0v) is 23.9. The Balaban J connectivity index is 1.56. The minimum absolute atomic E-state index is 0.281. The van der Waals surface area contributed by atoms with Crippen molar-refractivity contribution in [1.29, 1.82) is 0 Å². The first-order valence-corrected chi connectivity index (χ1v) is 14.0. The molecule has 42 heavy (non-hydrogen) atoms. The number of aromatic amines is 4. The normalized spacial score (nSPS) is 11.2. The number of para-hydroxylation sites is 1. The summed E-state index contributed by atoms with van der Waals surface area (Å²) >= 11 is 6.08. The van der Waals surface area contributed by atoms with E-state index in [1.807, 2.05) is 111 Å². The SMILES string of the molecule is Cc1ccc(-c2[nH][nH]c(=O)c2C(c2ccccc2OCc2ccc(Cl)cc2)c2c(-c3ccc(C)cc3)[nH][nH]c2=O)cc1. The molecule has 7 nitrogen and oxygen atoms in total. The van der Waals surface area contributed by atoms with E-state index in [0.29, 0.717) is 38.9 Å². The Morgan fingerprint density at radius 2 is 1.14 bits per heavy atom. The molecule has 2 aromatic heterocycles. The number of aromatic nitrogens is 4. The van der Waals surface area contributed by atoms with Crippen LogP contribution in [0.25, 0.3) is 22.5 Å². The number of nitrogens with one attached hydrogen (secondary N) is 4. The number of hydrogen-bond acceptors (Lipinski definition) is 3. The predicted molar refractivity (Wildman–Crippen MR) is 166 cm³/mol. The van der Waals surface area contributed by atoms with E-state index in [1.165, 1.54) is 0 Å². The highest BCUT2D eigenvalue weighted by Crippen LogP contribution is 2.41. The smallest absolute Gasteiger partial charge is 0.268 e. The van der Waals surface area contributed by atoms with E-state index in [4.69, 9.17) is 16.3 Å². The van der Waals surface area contributed by atoms with Crippen LogP contribution in [0.15, 0.2) is 107 Å². The summed E-state index contributed by atoms with van der Waals surface area (Å²) in [4.78, 5) is 27.3. The molecule has 0 radical (unpaired) electrons. The standard InChI is InChI=1S/C34H29ClN4O3/c1-20-7-13-23(14-8-20)31-29(33(40)38-36-31)28(30-32(37-39-34(30)41)24-15-9-21(2)10-16-24)26-5-3-4-6-27(26)42-19-22-11-17-25(35)18-12-22/h3-18,28H,19H2,1-2H3,(H2,36,38,40)(H2,37,39,41). The zero-order chi connectivity index (χ0) is 29.2. The van der Waals surface area contributed by atoms with Gasteiger partial charge in [-0.1, -0.05) is 102 Å². The lowest BCUT2D eigenvalue weighted by Crippen LogP contribution is -2.20. The van der Waals surface area contributed by atoms with Gasteiger partial charge < -0.3 is 4.74 Å². The van der Waals surface area contributed by atoms with Gasteiger partial charge in [0.25, 0.3) is 11.1 Å². The monoisotopic (exact) mass is 576 g/mol. The molecular weight excluding hydrogens is 548 g/mol. The second-order valence-electron chi connectivity index (χ2n) is 10.4. The van der Waals surface area contributed by atoms with Gasteiger partial charge in [0, 0.05) is 10.6 Å². The van der Waals surface area contributed by atoms with Crippen LogP contribution >= 0.6 is 11.6 Å². The maximum Gasteiger partial charge on any atom is 0.268 e. The van der Waals surface area contributed by atoms with Gasteiger partial charge in [-0.25, -0.2) is 0 Å². The average molecular weight is 577 g/mol. The van der Waals surface area contributed by atoms with Gasteiger partial charge >= 0.3 is 0 Å². The number of H-pyrrole nitrogens is 4. The summed E-state index contributed by atoms with van der Waals surface area (Å²) in [6.45, 7) is 4.30. The van der Waals surface area contributed by atoms with E-state index in [0.717, 1.165) is 27.8 Å². The molecule has 0 unspecified atom stereocenters. The fourth-order valence-corrected chi connectivity index (χ4v) is 5.36. The van der Waals surface area contributed by atoms with Crippen molar-refractivity contribution in [3.63, 3.8) is 0 Å². The van der Waals surface area contributed by atoms with Crippen molar-refractivity contribution in [2.24, 2.45) is 0 Å². The lowest BCUT2D eigenvalue weighted by molar-refractivity contribution is 0.302. The number of rotatable bonds is 8. The molecule has 0 saturated heterocycles. The third kappa shape index (κ3) is 5.34. The van der Waals surface area contributed by atoms with Crippen molar-refractivity contribution >= 4 is 11.6 Å². The van der Waals surface area contributed by atoms with E-state index in [-0.39, 0.29) is 17.7 Å². The Hall–Kier alpha value is -5.01. The maximum absolute atomic E-state index is 13.7. The lowest BCUT2D eigenvalue weighted by Gasteiger charge is -2.21. The van der Waals surface area contributed by atoms with Crippen molar-refractivity contribution < 1.29 is 4.74 Å². The van der Waals surface area contributed by atoms with Gasteiger partial charge in [-0.05, 0) is 48.7 Å². The number of halogens is 1. The first-order valence-electron chi connectivity index (χ1n) is 13.6. The molecule has 0 fully saturated rings. The van der Waals surface area contributed by atoms with Crippen LogP contribution in [-0.2, 0) is 6.61 Å². The third-order valence-corrected chi connectivity index (χ3v) is 7.68. The molecule has 0 bridgehead atoms. The van der Waals surface area contributed by atoms with Gasteiger partial charge in [0.2, 0.25) is 0 Å². The summed E-state index contributed by atoms with van der Waals surface area (Å²) in [5.41, 5.74) is 6.86. The number of ether oxygens (including phenoxy) is 1. The van der Waals surface area contributed by atoms with Gasteiger partial charge in [0.15, 0.2) is 0 Å². The molecule has 0 aliphatic heterocycles. The summed E-state index contributed by atoms with van der Waals surface area (Å²) in [7, 11) is 0. The van der Waals surface area contributed by atoms with Crippen LogP contribution in [0.2, 0.25) is 5.02 Å². The Kier molecular flexibility index (Phi) is 7.42. The van der Waals surface area contributed by atoms with Gasteiger partial charge in [-0.2, -0.15) is 0 Å². The zero-order valence-electron chi connectivity index (χ0n) is 23.1. The number of benzene rings is 4. The van der Waals surface area contributed by atoms with Crippen LogP contribution in [0, 0.1) is 13.8 Å². The first-order chi connectivity index (χ1) is 20.4. The Morgan fingerprint density at radius 3 is 1.67 bits per heavy atom. The van der Waals surface area contributed by atoms with Crippen molar-refractivity contribution in [3.8, 4) is 28.3 Å². The topological polar surface area (TPSA) is 107 Å². The molecule has 0 amide bonds. The maximum atomic E-state index is 13.7. The molecule has 0 aliphatic carbocycles. The highest BCUT2D eigenvalue weighted by atomic mass is 35.5. The fourth-order valence-electron chi connectivity index (χ4n) is 5.23. The van der Waals surface area contributed by atoms with Gasteiger partial charge in [0.05, 0.1) is 28.4 Å². The van der Waals surface area contributed by atoms with Crippen LogP contribution in [0.5, 0.6) is 5.75 Å². The van der Waals surface area contributed by atoms with Crippen molar-refractivity contribution in [3.05, 3.63) is 156 Å². The van der Waals surface area contributed by atoms with Crippen molar-refractivity contribution in [2.75, 3.05) is 0 Å². The van der Waals surface area contributed by atoms with Crippen LogP contribution in [-0.4, -0.2) is 20.4 Å². The molecule has 6 rings (SSSR count). The summed E-state index contributed by atoms with van der Waals surface area (Å²) in [6, 6.07) is 30.8. The largest absolute Gasteiger partial charge is 0.489 e. The van der Waals surface area contributed by atoms with Gasteiger partial charge in [-0.3, -0.25) is 30.0 Å². The van der Waals surface area contributed by atoms with E-state index >= 15 is 0 Å². The molecule has 4 N–H and O–H groups in total. The van der Waals surface area contributed by atoms with Crippen molar-refractivity contribution in [2.45, 2.75) is 26.4 Å². The second-order valence-corrected chi connectivity index (χ2v) is 10.8. The molecule has 210 valence electrons. The Bertz CT molecular complexity index is 1850. The third-order valence-electron chi connectivity index (χ3n) is 7.43. The molecular formula is C34H29ClN4O3. The van der Waals surface area contributed by atoms with Crippen LogP contribution in [0.3, 0.4) is 0 Å². The second kappa shape index (κ2) is 11.5. The summed E-state index contributed by atoms with van der Waals surface area (Å²) in [5.74, 6) is -0.215. The average Bonchev–Trinajstić information content (AvgIpc) is 3.57. The van der Waals surface area contributed by atoms with Crippen LogP contribution < -0.4 is 15.9 Å². The highest BCUT2D eigenvalue weighted by Gasteiger charge is 2.33. The molecule has 8 heteroatoms. The quantitative estimate of drug-likeness (QED) is 0.155. The molecule has 2 heterocycles. The summed E-state index contributed by atoms with van der Waals surface area (Å²) in [5, 5.41) is 12.3. The summed E-state index contributed by atoms with van der Waals surface area (Å²) in [6.07, 6.45) is 0. The van der Waals surface area contributed by atoms with E-state index < -0.39 is 5.92 Å². The van der Waals surface area contributed by atoms with Crippen LogP contribution in [0.4, 0.5) is 0 Å². The number of aryl methyl sites for hydroxylation is 2. The molecule has 0 aliphatic rings. The van der Waals surface area contributed by atoms with Gasteiger partial charge in [-0.15, -0.1) is 0 Å². The minimum atomic E-state index is -0.774. The molecule has 0 saturated carbocycles. The fraction of sp³-hybridized carbons (Fsp3) is 0.118. The lowest BCUT2D eigenvalue weighted by atomic mass is 9.82. The molecule has 4 aromatic carbocycles. The molecule has 0 atom stereocenters.